The number of nitrogens with zero attached hydrogens (tertiary/aromatic N) is 6. The minimum Gasteiger partial charge on any atom is -0.497 e. The van der Waals surface area contributed by atoms with Gasteiger partial charge in [-0.05, 0) is 102 Å². The van der Waals surface area contributed by atoms with E-state index in [1.54, 1.807) is 27.3 Å². The first-order chi connectivity index (χ1) is 33.5. The summed E-state index contributed by atoms with van der Waals surface area (Å²) in [5.74, 6) is 1.43. The van der Waals surface area contributed by atoms with E-state index in [0.717, 1.165) is 29.8 Å². The van der Waals surface area contributed by atoms with Gasteiger partial charge in [0.2, 0.25) is 0 Å². The zero-order valence-electron chi connectivity index (χ0n) is 42.8. The van der Waals surface area contributed by atoms with Crippen LogP contribution in [0.2, 0.25) is 0 Å². The van der Waals surface area contributed by atoms with Gasteiger partial charge in [0.1, 0.15) is 29.4 Å². The van der Waals surface area contributed by atoms with Crippen LogP contribution in [0.5, 0.6) is 11.5 Å². The number of unbranched alkanes of at least 4 members (excludes halogenated alkanes) is 2. The van der Waals surface area contributed by atoms with Crippen LogP contribution in [0.3, 0.4) is 0 Å². The molecule has 4 aromatic rings. The number of hydrogen-bond acceptors (Lipinski definition) is 12. The molecular formula is C53H75N7O9P+. The minimum atomic E-state index is -1.73. The summed E-state index contributed by atoms with van der Waals surface area (Å²) in [4.78, 5) is 43.6. The van der Waals surface area contributed by atoms with Gasteiger partial charge in [0.25, 0.3) is 20.0 Å². The molecule has 17 heteroatoms. The van der Waals surface area contributed by atoms with Crippen LogP contribution in [0.1, 0.15) is 88.3 Å². The monoisotopic (exact) mass is 985 g/mol. The van der Waals surface area contributed by atoms with Crippen LogP contribution in [0.25, 0.3) is 0 Å². The quantitative estimate of drug-likeness (QED) is 0.0333. The molecule has 2 fully saturated rings. The van der Waals surface area contributed by atoms with E-state index in [-0.39, 0.29) is 62.2 Å². The van der Waals surface area contributed by atoms with Crippen molar-refractivity contribution in [3.8, 4) is 17.6 Å². The van der Waals surface area contributed by atoms with Crippen LogP contribution in [-0.2, 0) is 35.5 Å². The molecule has 2 aliphatic heterocycles. The van der Waals surface area contributed by atoms with Crippen LogP contribution >= 0.6 is 8.53 Å². The molecule has 2 saturated heterocycles. The maximum atomic E-state index is 14.5. The Labute approximate surface area is 415 Å². The van der Waals surface area contributed by atoms with Crippen LogP contribution in [0.15, 0.2) is 94.6 Å². The number of amides is 1. The third kappa shape index (κ3) is 12.9. The average Bonchev–Trinajstić information content (AvgIpc) is 3.75. The lowest BCUT2D eigenvalue weighted by Gasteiger charge is -2.43. The van der Waals surface area contributed by atoms with Gasteiger partial charge in [-0.3, -0.25) is 23.6 Å². The lowest BCUT2D eigenvalue weighted by molar-refractivity contribution is -0.910. The van der Waals surface area contributed by atoms with Crippen LogP contribution in [0, 0.1) is 18.3 Å². The molecular weight excluding hydrogens is 910 g/mol. The Morgan fingerprint density at radius 2 is 1.54 bits per heavy atom. The van der Waals surface area contributed by atoms with Crippen molar-refractivity contribution in [2.75, 3.05) is 74.8 Å². The number of rotatable bonds is 24. The van der Waals surface area contributed by atoms with E-state index >= 15 is 0 Å². The number of ether oxygens (including phenoxy) is 4. The second-order valence-electron chi connectivity index (χ2n) is 19.5. The first-order valence-electron chi connectivity index (χ1n) is 24.5. The number of nitrogens with one attached hydrogen (secondary N) is 1. The number of benzene rings is 3. The third-order valence-corrected chi connectivity index (χ3v) is 15.6. The summed E-state index contributed by atoms with van der Waals surface area (Å²) in [5, 5.41) is 12.6. The number of nitriles is 1. The number of aryl methyl sites for hydroxylation is 1. The molecule has 1 N–H and O–H groups in total. The van der Waals surface area contributed by atoms with Crippen molar-refractivity contribution in [2.45, 2.75) is 115 Å². The number of piperazine rings is 1. The van der Waals surface area contributed by atoms with Crippen molar-refractivity contribution in [1.29, 1.82) is 5.26 Å². The number of carbonyl (C=O) groups is 1. The summed E-state index contributed by atoms with van der Waals surface area (Å²) in [7, 11) is 7.78. The molecule has 0 radical (unpaired) electrons. The van der Waals surface area contributed by atoms with Crippen molar-refractivity contribution in [2.24, 2.45) is 0 Å². The topological polar surface area (TPSA) is 159 Å². The Bertz CT molecular complexity index is 2400. The van der Waals surface area contributed by atoms with E-state index in [4.69, 9.17) is 28.0 Å². The molecule has 0 spiro atoms. The van der Waals surface area contributed by atoms with E-state index in [1.165, 1.54) is 9.13 Å². The van der Waals surface area contributed by atoms with Gasteiger partial charge in [-0.15, -0.1) is 0 Å². The van der Waals surface area contributed by atoms with Crippen LogP contribution < -0.4 is 26.0 Å². The molecule has 6 rings (SSSR count). The molecule has 1 aromatic heterocycles. The largest absolute Gasteiger partial charge is 0.497 e. The highest BCUT2D eigenvalue weighted by Gasteiger charge is 2.45. The summed E-state index contributed by atoms with van der Waals surface area (Å²) < 4.78 is 44.5. The standard InChI is InChI=1S/C53H74N7O9P/c1-38(2)59(39(3)4)70(67-33-17-28-54)69-47-34-49(58-35-40(5)51(62)57(52(58)63)30-16-12-15-29-55-50(61)46-36-56(6)31-32-60(46,7)8)68-48(47)37-66-53(41-18-13-11-14-19-41,42-20-24-44(64-9)25-21-42)43-22-26-45(65-10)27-23-43/h11,13-14,18-27,35,38-39,46-49H,12,15-17,29-34,36-37H2,1-10H3/p+1. The summed E-state index contributed by atoms with van der Waals surface area (Å²) in [5.41, 5.74) is 0.939. The maximum absolute atomic E-state index is 14.5. The van der Waals surface area contributed by atoms with Crippen molar-refractivity contribution < 1.29 is 37.3 Å². The van der Waals surface area contributed by atoms with Gasteiger partial charge in [0, 0.05) is 49.9 Å². The van der Waals surface area contributed by atoms with Gasteiger partial charge in [-0.2, -0.15) is 5.26 Å². The normalized spacial score (nSPS) is 19.9. The number of quaternary nitrogens is 1. The molecule has 380 valence electrons. The van der Waals surface area contributed by atoms with Crippen molar-refractivity contribution in [3.05, 3.63) is 128 Å². The average molecular weight is 985 g/mol. The van der Waals surface area contributed by atoms with Crippen molar-refractivity contribution in [1.82, 2.24) is 24.0 Å². The lowest BCUT2D eigenvalue weighted by Crippen LogP contribution is -2.65. The van der Waals surface area contributed by atoms with Gasteiger partial charge >= 0.3 is 5.69 Å². The molecule has 3 aromatic carbocycles. The third-order valence-electron chi connectivity index (χ3n) is 13.4. The first-order valence-corrected chi connectivity index (χ1v) is 25.7. The van der Waals surface area contributed by atoms with Gasteiger partial charge in [-0.25, -0.2) is 9.46 Å². The van der Waals surface area contributed by atoms with Gasteiger partial charge < -0.3 is 37.8 Å². The predicted octanol–water partition coefficient (Wildman–Crippen LogP) is 6.97. The maximum Gasteiger partial charge on any atom is 0.333 e. The number of aromatic nitrogens is 2. The Morgan fingerprint density at radius 3 is 2.13 bits per heavy atom. The second kappa shape index (κ2) is 24.9. The van der Waals surface area contributed by atoms with E-state index < -0.39 is 38.3 Å². The molecule has 0 aliphatic carbocycles. The van der Waals surface area contributed by atoms with E-state index in [2.05, 4.69) is 62.7 Å². The molecule has 70 heavy (non-hydrogen) atoms. The first kappa shape index (κ1) is 54.4. The highest BCUT2D eigenvalue weighted by molar-refractivity contribution is 7.44. The fraction of sp³-hybridized carbons (Fsp3) is 0.547. The molecule has 1 amide bonds. The highest BCUT2D eigenvalue weighted by Crippen LogP contribution is 2.51. The molecule has 0 saturated carbocycles. The van der Waals surface area contributed by atoms with E-state index in [0.29, 0.717) is 53.9 Å². The Hall–Kier alpha value is -4.95. The summed E-state index contributed by atoms with van der Waals surface area (Å²) in [6.07, 6.45) is 1.77. The zero-order valence-corrected chi connectivity index (χ0v) is 43.7. The molecule has 2 aliphatic rings. The number of likely N-dealkylation sites (N-methyl/N-ethyl adjacent to an activating group) is 2. The van der Waals surface area contributed by atoms with Gasteiger partial charge in [-0.1, -0.05) is 54.6 Å². The van der Waals surface area contributed by atoms with Crippen LogP contribution in [-0.4, -0.2) is 134 Å². The Kier molecular flexibility index (Phi) is 19.4. The fourth-order valence-electron chi connectivity index (χ4n) is 9.48. The second-order valence-corrected chi connectivity index (χ2v) is 20.9. The predicted molar refractivity (Wildman–Crippen MR) is 272 cm³/mol. The van der Waals surface area contributed by atoms with Crippen molar-refractivity contribution >= 4 is 14.4 Å². The zero-order chi connectivity index (χ0) is 50.6. The molecule has 0 bridgehead atoms. The summed E-state index contributed by atoms with van der Waals surface area (Å²) in [6, 6.07) is 27.7. The van der Waals surface area contributed by atoms with E-state index in [9.17, 15) is 19.6 Å². The molecule has 3 heterocycles. The lowest BCUT2D eigenvalue weighted by atomic mass is 9.80. The number of methoxy groups -OCH3 is 2. The van der Waals surface area contributed by atoms with E-state index in [1.807, 2.05) is 85.9 Å². The van der Waals surface area contributed by atoms with Gasteiger partial charge in [0.05, 0.1) is 73.2 Å². The van der Waals surface area contributed by atoms with Crippen LogP contribution in [0.4, 0.5) is 0 Å². The smallest absolute Gasteiger partial charge is 0.333 e. The molecule has 5 unspecified atom stereocenters. The molecule has 16 nitrogen and oxygen atoms in total. The number of carbonyl (C=O) groups excluding carboxylic acids is 1. The Balaban J connectivity index is 1.31. The Morgan fingerprint density at radius 1 is 0.929 bits per heavy atom. The summed E-state index contributed by atoms with van der Waals surface area (Å²) >= 11 is 0. The SMILES string of the molecule is COc1ccc(C(OCC2OC(n3cc(C)c(=O)n(CCCCCNC(=O)C4CN(C)CC[N+]4(C)C)c3=O)CC2OP(OCCC#N)N(C(C)C)C(C)C)(c2ccccc2)c2ccc(OC)cc2)cc1. The fourth-order valence-corrected chi connectivity index (χ4v) is 11.2. The van der Waals surface area contributed by atoms with Gasteiger partial charge in [0.15, 0.2) is 6.04 Å². The minimum absolute atomic E-state index is 0.0106. The highest BCUT2D eigenvalue weighted by atomic mass is 31.2. The molecule has 5 atom stereocenters. The number of hydrogen-bond donors (Lipinski definition) is 1. The van der Waals surface area contributed by atoms with Crippen molar-refractivity contribution in [3.63, 3.8) is 0 Å². The summed E-state index contributed by atoms with van der Waals surface area (Å²) in [6.45, 7) is 13.5.